The molecule has 0 atom stereocenters. The standard InChI is InChI=1S/C15H17N7O.ClH/c1-10-3-5-11(6-4-10)13-18-21-22(19-13)9-12-17-14(20-23-12)15(16)7-2-8-15;/h3-6H,2,7-9,16H2,1H3;1H. The summed E-state index contributed by atoms with van der Waals surface area (Å²) in [5, 5.41) is 16.4. The number of hydrogen-bond donors (Lipinski definition) is 1. The third-order valence-corrected chi connectivity index (χ3v) is 4.20. The van der Waals surface area contributed by atoms with Crippen LogP contribution in [-0.4, -0.2) is 30.3 Å². The van der Waals surface area contributed by atoms with E-state index >= 15 is 0 Å². The molecule has 0 unspecified atom stereocenters. The number of nitrogens with zero attached hydrogens (tertiary/aromatic N) is 6. The van der Waals surface area contributed by atoms with E-state index in [9.17, 15) is 0 Å². The van der Waals surface area contributed by atoms with E-state index in [1.54, 1.807) is 0 Å². The molecular formula is C15H18ClN7O. The molecule has 2 heterocycles. The summed E-state index contributed by atoms with van der Waals surface area (Å²) in [5.41, 5.74) is 7.87. The molecule has 1 saturated carbocycles. The van der Waals surface area contributed by atoms with Crippen LogP contribution >= 0.6 is 12.4 Å². The lowest BCUT2D eigenvalue weighted by molar-refractivity contribution is 0.228. The van der Waals surface area contributed by atoms with E-state index in [4.69, 9.17) is 10.3 Å². The molecule has 1 fully saturated rings. The van der Waals surface area contributed by atoms with E-state index in [2.05, 4.69) is 25.6 Å². The first-order valence-electron chi connectivity index (χ1n) is 7.59. The van der Waals surface area contributed by atoms with Gasteiger partial charge < -0.3 is 10.3 Å². The number of hydrogen-bond acceptors (Lipinski definition) is 7. The van der Waals surface area contributed by atoms with Crippen LogP contribution in [0.25, 0.3) is 11.4 Å². The highest BCUT2D eigenvalue weighted by molar-refractivity contribution is 5.85. The van der Waals surface area contributed by atoms with Gasteiger partial charge in [-0.2, -0.15) is 9.78 Å². The van der Waals surface area contributed by atoms with Crippen LogP contribution in [0, 0.1) is 6.92 Å². The van der Waals surface area contributed by atoms with Crippen molar-refractivity contribution >= 4 is 12.4 Å². The van der Waals surface area contributed by atoms with Crippen molar-refractivity contribution in [3.8, 4) is 11.4 Å². The van der Waals surface area contributed by atoms with E-state index < -0.39 is 5.54 Å². The van der Waals surface area contributed by atoms with Gasteiger partial charge in [0.15, 0.2) is 5.82 Å². The summed E-state index contributed by atoms with van der Waals surface area (Å²) < 4.78 is 5.25. The zero-order chi connectivity index (χ0) is 15.9. The van der Waals surface area contributed by atoms with Gasteiger partial charge in [-0.05, 0) is 31.4 Å². The number of benzene rings is 1. The maximum atomic E-state index is 6.19. The summed E-state index contributed by atoms with van der Waals surface area (Å²) in [4.78, 5) is 5.80. The predicted octanol–water partition coefficient (Wildman–Crippen LogP) is 1.84. The number of nitrogens with two attached hydrogens (primary N) is 1. The van der Waals surface area contributed by atoms with E-state index in [0.717, 1.165) is 24.8 Å². The zero-order valence-corrected chi connectivity index (χ0v) is 14.0. The zero-order valence-electron chi connectivity index (χ0n) is 13.2. The minimum atomic E-state index is -0.426. The molecule has 2 aromatic heterocycles. The SMILES string of the molecule is Cc1ccc(-c2nnn(Cc3nc(C4(N)CCC4)no3)n2)cc1.Cl. The quantitative estimate of drug-likeness (QED) is 0.766. The van der Waals surface area contributed by atoms with Crippen LogP contribution in [0.4, 0.5) is 0 Å². The molecular weight excluding hydrogens is 330 g/mol. The van der Waals surface area contributed by atoms with Crippen molar-refractivity contribution in [2.75, 3.05) is 0 Å². The topological polar surface area (TPSA) is 109 Å². The average molecular weight is 348 g/mol. The van der Waals surface area contributed by atoms with Crippen LogP contribution < -0.4 is 5.73 Å². The van der Waals surface area contributed by atoms with E-state index in [1.165, 1.54) is 10.4 Å². The lowest BCUT2D eigenvalue weighted by atomic mass is 9.77. The van der Waals surface area contributed by atoms with Crippen LogP contribution in [0.5, 0.6) is 0 Å². The molecule has 2 N–H and O–H groups in total. The number of aromatic nitrogens is 6. The Morgan fingerprint density at radius 3 is 2.67 bits per heavy atom. The van der Waals surface area contributed by atoms with Crippen molar-refractivity contribution in [2.24, 2.45) is 5.73 Å². The van der Waals surface area contributed by atoms with Crippen LogP contribution in [-0.2, 0) is 12.1 Å². The second kappa shape index (κ2) is 6.29. The summed E-state index contributed by atoms with van der Waals surface area (Å²) >= 11 is 0. The molecule has 0 spiro atoms. The molecule has 0 aliphatic heterocycles. The first-order chi connectivity index (χ1) is 11.1. The molecule has 0 radical (unpaired) electrons. The molecule has 24 heavy (non-hydrogen) atoms. The molecule has 8 nitrogen and oxygen atoms in total. The molecule has 1 aliphatic rings. The van der Waals surface area contributed by atoms with Gasteiger partial charge in [-0.15, -0.1) is 22.6 Å². The number of halogens is 1. The van der Waals surface area contributed by atoms with Crippen molar-refractivity contribution in [1.29, 1.82) is 0 Å². The van der Waals surface area contributed by atoms with Gasteiger partial charge in [-0.25, -0.2) is 0 Å². The molecule has 1 aliphatic carbocycles. The van der Waals surface area contributed by atoms with Crippen LogP contribution in [0.15, 0.2) is 28.8 Å². The van der Waals surface area contributed by atoms with E-state index in [1.807, 2.05) is 31.2 Å². The van der Waals surface area contributed by atoms with Crippen LogP contribution in [0.2, 0.25) is 0 Å². The Hall–Kier alpha value is -2.32. The van der Waals surface area contributed by atoms with Crippen molar-refractivity contribution < 1.29 is 4.52 Å². The van der Waals surface area contributed by atoms with Gasteiger partial charge >= 0.3 is 0 Å². The van der Waals surface area contributed by atoms with Gasteiger partial charge in [0.2, 0.25) is 11.7 Å². The highest BCUT2D eigenvalue weighted by Gasteiger charge is 2.39. The largest absolute Gasteiger partial charge is 0.337 e. The van der Waals surface area contributed by atoms with Gasteiger partial charge in [0.1, 0.15) is 6.54 Å². The third-order valence-electron chi connectivity index (χ3n) is 4.20. The van der Waals surface area contributed by atoms with E-state index in [0.29, 0.717) is 17.5 Å². The third kappa shape index (κ3) is 3.02. The summed E-state index contributed by atoms with van der Waals surface area (Å²) in [6, 6.07) is 7.96. The normalized spacial score (nSPS) is 15.6. The van der Waals surface area contributed by atoms with Crippen molar-refractivity contribution in [3.63, 3.8) is 0 Å². The molecule has 4 rings (SSSR count). The summed E-state index contributed by atoms with van der Waals surface area (Å²) in [6.45, 7) is 2.31. The van der Waals surface area contributed by atoms with Crippen molar-refractivity contribution in [1.82, 2.24) is 30.3 Å². The fourth-order valence-corrected chi connectivity index (χ4v) is 2.55. The van der Waals surface area contributed by atoms with Gasteiger partial charge in [0, 0.05) is 5.56 Å². The van der Waals surface area contributed by atoms with Gasteiger partial charge in [0.05, 0.1) is 5.54 Å². The number of aryl methyl sites for hydroxylation is 1. The maximum Gasteiger partial charge on any atom is 0.250 e. The Morgan fingerprint density at radius 1 is 1.25 bits per heavy atom. The Morgan fingerprint density at radius 2 is 2.00 bits per heavy atom. The van der Waals surface area contributed by atoms with Gasteiger partial charge in [-0.3, -0.25) is 0 Å². The Balaban J connectivity index is 0.00000169. The molecule has 126 valence electrons. The van der Waals surface area contributed by atoms with Gasteiger partial charge in [0.25, 0.3) is 0 Å². The summed E-state index contributed by atoms with van der Waals surface area (Å²) in [5.74, 6) is 1.57. The lowest BCUT2D eigenvalue weighted by Crippen LogP contribution is -2.44. The van der Waals surface area contributed by atoms with Crippen molar-refractivity contribution in [3.05, 3.63) is 41.5 Å². The predicted molar refractivity (Wildman–Crippen MR) is 88.4 cm³/mol. The Labute approximate surface area is 144 Å². The van der Waals surface area contributed by atoms with E-state index in [-0.39, 0.29) is 19.0 Å². The smallest absolute Gasteiger partial charge is 0.250 e. The average Bonchev–Trinajstić information content (AvgIpc) is 3.16. The van der Waals surface area contributed by atoms with Crippen LogP contribution in [0.3, 0.4) is 0 Å². The fraction of sp³-hybridized carbons (Fsp3) is 0.400. The molecule has 0 saturated heterocycles. The number of tetrazole rings is 1. The number of rotatable bonds is 4. The second-order valence-electron chi connectivity index (χ2n) is 6.03. The maximum absolute atomic E-state index is 6.19. The molecule has 0 amide bonds. The molecule has 3 aromatic rings. The molecule has 9 heteroatoms. The van der Waals surface area contributed by atoms with Gasteiger partial charge in [-0.1, -0.05) is 35.0 Å². The highest BCUT2D eigenvalue weighted by Crippen LogP contribution is 2.36. The monoisotopic (exact) mass is 347 g/mol. The van der Waals surface area contributed by atoms with Crippen LogP contribution in [0.1, 0.15) is 36.5 Å². The minimum Gasteiger partial charge on any atom is -0.337 e. The first kappa shape index (κ1) is 16.5. The summed E-state index contributed by atoms with van der Waals surface area (Å²) in [7, 11) is 0. The fourth-order valence-electron chi connectivity index (χ4n) is 2.55. The minimum absolute atomic E-state index is 0. The Bertz CT molecular complexity index is 822. The Kier molecular flexibility index (Phi) is 4.33. The molecule has 0 bridgehead atoms. The van der Waals surface area contributed by atoms with Crippen molar-refractivity contribution in [2.45, 2.75) is 38.3 Å². The lowest BCUT2D eigenvalue weighted by Gasteiger charge is -2.34. The second-order valence-corrected chi connectivity index (χ2v) is 6.03. The highest BCUT2D eigenvalue weighted by atomic mass is 35.5. The summed E-state index contributed by atoms with van der Waals surface area (Å²) in [6.07, 6.45) is 2.89. The first-order valence-corrected chi connectivity index (χ1v) is 7.59. The molecule has 1 aromatic carbocycles.